The molecule has 10 aromatic rings. The number of hydrogen-bond acceptors (Lipinski definition) is 4. The van der Waals surface area contributed by atoms with Crippen LogP contribution in [0.15, 0.2) is 212 Å². The van der Waals surface area contributed by atoms with Crippen LogP contribution in [-0.2, 0) is 37.3 Å². The number of benzene rings is 8. The van der Waals surface area contributed by atoms with Crippen LogP contribution >= 0.6 is 0 Å². The third kappa shape index (κ3) is 10.7. The fourth-order valence-electron chi connectivity index (χ4n) is 11.5. The summed E-state index contributed by atoms with van der Waals surface area (Å²) >= 11 is 0. The summed E-state index contributed by atoms with van der Waals surface area (Å²) in [7, 11) is 0. The van der Waals surface area contributed by atoms with Gasteiger partial charge in [0.2, 0.25) is 0 Å². The maximum atomic E-state index is 7.12. The molecular formula is C74H73N4OPt-3. The molecule has 11 rings (SSSR count). The molecule has 0 fully saturated rings. The summed E-state index contributed by atoms with van der Waals surface area (Å²) in [5.74, 6) is 2.01. The molecule has 3 heterocycles. The first kappa shape index (κ1) is 55.8. The normalized spacial score (nSPS) is 13.6. The Hall–Kier alpha value is -7.46. The van der Waals surface area contributed by atoms with Gasteiger partial charge in [0, 0.05) is 83.0 Å². The third-order valence-corrected chi connectivity index (χ3v) is 16.0. The number of pyridine rings is 1. The summed E-state index contributed by atoms with van der Waals surface area (Å²) in [4.78, 5) is 9.84. The molecule has 0 atom stereocenters. The van der Waals surface area contributed by atoms with Crippen LogP contribution in [0.25, 0.3) is 49.9 Å². The van der Waals surface area contributed by atoms with Crippen LogP contribution in [0.2, 0.25) is 0 Å². The standard InChI is InChI=1S/C74H73N4O.Pt/c1-70(2,3)56-38-39-75-67(46-56)78-65-37-34-57(73(10,11)54-30-22-16-23-31-54)45-64(65)63-36-35-61(48-66(63)78)79-62-43-53(51-28-20-15-21-29-51)42-60(47-62)77-49-76(68(71(4,5)6)69(77)72(7,8)9)59-41-52(50-26-18-14-19-27-50)40-58(44-59)74(12,13)55-32-24-17-25-33-55;/h14-46,49H,1-13H3;/q-3;. The molecule has 8 aromatic carbocycles. The maximum Gasteiger partial charge on any atom is 0.135 e. The average molecular weight is 1230 g/mol. The number of ether oxygens (including phenoxy) is 1. The van der Waals surface area contributed by atoms with Crippen molar-refractivity contribution in [2.45, 2.75) is 106 Å². The van der Waals surface area contributed by atoms with Gasteiger partial charge in [-0.3, -0.25) is 0 Å². The Balaban J connectivity index is 0.00000720. The molecule has 0 bridgehead atoms. The van der Waals surface area contributed by atoms with E-state index in [1.54, 1.807) is 0 Å². The first-order valence-corrected chi connectivity index (χ1v) is 27.8. The van der Waals surface area contributed by atoms with Crippen LogP contribution in [0.4, 0.5) is 11.4 Å². The number of anilines is 2. The number of aromatic nitrogens is 2. The van der Waals surface area contributed by atoms with Crippen LogP contribution in [-0.4, -0.2) is 9.55 Å². The van der Waals surface area contributed by atoms with E-state index in [1.807, 2.05) is 6.20 Å². The minimum Gasteiger partial charge on any atom is -0.509 e. The van der Waals surface area contributed by atoms with Gasteiger partial charge in [-0.2, -0.15) is 6.07 Å². The molecule has 1 aliphatic heterocycles. The summed E-state index contributed by atoms with van der Waals surface area (Å²) in [5, 5.41) is 2.21. The fourth-order valence-corrected chi connectivity index (χ4v) is 11.5. The molecule has 0 amide bonds. The Labute approximate surface area is 490 Å². The van der Waals surface area contributed by atoms with E-state index < -0.39 is 0 Å². The molecule has 408 valence electrons. The number of rotatable bonds is 11. The molecule has 0 radical (unpaired) electrons. The van der Waals surface area contributed by atoms with E-state index in [1.165, 1.54) is 50.3 Å². The molecule has 0 aliphatic carbocycles. The maximum absolute atomic E-state index is 7.12. The van der Waals surface area contributed by atoms with Crippen molar-refractivity contribution >= 4 is 33.2 Å². The van der Waals surface area contributed by atoms with Gasteiger partial charge in [0.1, 0.15) is 5.82 Å². The van der Waals surface area contributed by atoms with Crippen molar-refractivity contribution in [3.63, 3.8) is 0 Å². The Morgan fingerprint density at radius 3 is 1.54 bits per heavy atom. The van der Waals surface area contributed by atoms with Crippen molar-refractivity contribution in [2.24, 2.45) is 10.8 Å². The zero-order valence-electron chi connectivity index (χ0n) is 48.6. The number of allylic oxidation sites excluding steroid dienone is 2. The molecule has 0 saturated heterocycles. The van der Waals surface area contributed by atoms with Gasteiger partial charge in [-0.1, -0.05) is 235 Å². The van der Waals surface area contributed by atoms with Crippen molar-refractivity contribution in [1.82, 2.24) is 9.55 Å². The Kier molecular flexibility index (Phi) is 14.8. The second kappa shape index (κ2) is 21.2. The van der Waals surface area contributed by atoms with Gasteiger partial charge < -0.3 is 19.1 Å². The number of fused-ring (bicyclic) bond motifs is 3. The number of hydrogen-bond donors (Lipinski definition) is 0. The molecule has 2 aromatic heterocycles. The molecular weight excluding hydrogens is 1160 g/mol. The molecule has 0 N–H and O–H groups in total. The van der Waals surface area contributed by atoms with E-state index in [9.17, 15) is 0 Å². The molecule has 0 spiro atoms. The zero-order valence-corrected chi connectivity index (χ0v) is 50.9. The average Bonchev–Trinajstić information content (AvgIpc) is 4.15. The van der Waals surface area contributed by atoms with E-state index in [-0.39, 0.29) is 48.1 Å². The predicted octanol–water partition coefficient (Wildman–Crippen LogP) is 19.6. The van der Waals surface area contributed by atoms with E-state index >= 15 is 0 Å². The van der Waals surface area contributed by atoms with Gasteiger partial charge in [0.25, 0.3) is 0 Å². The SMILES string of the molecule is CC(C)(C)C1=C(C(C)(C)C)N(c2cc(-c3ccccc3)cc(C(C)(C)c3ccccc3)c2)[CH-]N1c1[c-]c(Oc2[c-]c3c(cc2)c2cc(C(C)(C)c4ccccc4)ccc2n3-c2cc(C(C)(C)C)ccn2)cc(-c2ccccc2)c1.[Pt]. The Morgan fingerprint density at radius 1 is 0.412 bits per heavy atom. The molecule has 0 unspecified atom stereocenters. The van der Waals surface area contributed by atoms with Crippen molar-refractivity contribution in [2.75, 3.05) is 9.80 Å². The van der Waals surface area contributed by atoms with Crippen LogP contribution < -0.4 is 14.5 Å². The summed E-state index contributed by atoms with van der Waals surface area (Å²) in [6.07, 6.45) is 1.93. The van der Waals surface area contributed by atoms with Crippen LogP contribution in [0.3, 0.4) is 0 Å². The van der Waals surface area contributed by atoms with Gasteiger partial charge >= 0.3 is 0 Å². The van der Waals surface area contributed by atoms with Gasteiger partial charge in [0.05, 0.1) is 0 Å². The first-order valence-electron chi connectivity index (χ1n) is 27.8. The van der Waals surface area contributed by atoms with Gasteiger partial charge in [-0.05, 0) is 85.6 Å². The van der Waals surface area contributed by atoms with Gasteiger partial charge in [-0.15, -0.1) is 53.6 Å². The van der Waals surface area contributed by atoms with Crippen molar-refractivity contribution in [1.29, 1.82) is 0 Å². The van der Waals surface area contributed by atoms with Crippen LogP contribution in [0.5, 0.6) is 11.5 Å². The minimum absolute atomic E-state index is 0. The molecule has 1 aliphatic rings. The van der Waals surface area contributed by atoms with E-state index in [2.05, 4.69) is 317 Å². The second-order valence-corrected chi connectivity index (χ2v) is 25.6. The zero-order chi connectivity index (χ0) is 55.6. The largest absolute Gasteiger partial charge is 0.509 e. The fraction of sp³-hybridized carbons (Fsp3) is 0.243. The Morgan fingerprint density at radius 2 is 0.963 bits per heavy atom. The predicted molar refractivity (Wildman–Crippen MR) is 331 cm³/mol. The van der Waals surface area contributed by atoms with Crippen LogP contribution in [0.1, 0.15) is 118 Å². The van der Waals surface area contributed by atoms with Crippen LogP contribution in [0, 0.1) is 29.6 Å². The molecule has 6 heteroatoms. The molecule has 0 saturated carbocycles. The molecule has 80 heavy (non-hydrogen) atoms. The van der Waals surface area contributed by atoms with E-state index in [0.29, 0.717) is 11.5 Å². The van der Waals surface area contributed by atoms with Crippen molar-refractivity contribution < 1.29 is 25.8 Å². The monoisotopic (exact) mass is 1230 g/mol. The van der Waals surface area contributed by atoms with Gasteiger partial charge in [-0.25, -0.2) is 4.98 Å². The van der Waals surface area contributed by atoms with Crippen molar-refractivity contribution in [3.8, 4) is 39.6 Å². The summed E-state index contributed by atoms with van der Waals surface area (Å²) < 4.78 is 9.37. The summed E-state index contributed by atoms with van der Waals surface area (Å²) in [6.45, 7) is 32.3. The summed E-state index contributed by atoms with van der Waals surface area (Å²) in [6, 6.07) is 77.6. The third-order valence-electron chi connectivity index (χ3n) is 16.0. The van der Waals surface area contributed by atoms with E-state index in [0.717, 1.165) is 50.1 Å². The number of nitrogens with zero attached hydrogens (tertiary/aromatic N) is 4. The topological polar surface area (TPSA) is 33.5 Å². The Bertz CT molecular complexity index is 3890. The summed E-state index contributed by atoms with van der Waals surface area (Å²) in [5.41, 5.74) is 15.8. The molecule has 5 nitrogen and oxygen atoms in total. The quantitative estimate of drug-likeness (QED) is 0.121. The first-order chi connectivity index (χ1) is 37.6. The van der Waals surface area contributed by atoms with Gasteiger partial charge in [0.15, 0.2) is 0 Å². The smallest absolute Gasteiger partial charge is 0.135 e. The van der Waals surface area contributed by atoms with Crippen molar-refractivity contribution in [3.05, 3.63) is 258 Å². The second-order valence-electron chi connectivity index (χ2n) is 25.6. The van der Waals surface area contributed by atoms with E-state index in [4.69, 9.17) is 9.72 Å². The minimum atomic E-state index is -0.296.